The first kappa shape index (κ1) is 18.6. The van der Waals surface area contributed by atoms with Gasteiger partial charge in [0.15, 0.2) is 5.82 Å². The highest BCUT2D eigenvalue weighted by atomic mass is 35.5. The molecule has 1 aliphatic rings. The molecule has 1 fully saturated rings. The number of aliphatic hydroxyl groups is 1. The molecule has 3 aromatic rings. The summed E-state index contributed by atoms with van der Waals surface area (Å²) >= 11 is 7.70. The molecule has 1 aliphatic heterocycles. The standard InChI is InChI=1S/C19H22ClN5OS/c20-14-1-3-15(4-2-14)27-10-13-8-25(9-16(13)26)6-5-12-7-22-18-17(12)23-11-24-19(18)21/h1-4,7,11,13,16,22,26H,5-6,8-10H2,(H2,21,23,24)/t13-,16+/m1/s1. The van der Waals surface area contributed by atoms with E-state index in [9.17, 15) is 5.11 Å². The Bertz CT molecular complexity index is 916. The number of nitrogens with zero attached hydrogens (tertiary/aromatic N) is 3. The fourth-order valence-corrected chi connectivity index (χ4v) is 4.69. The zero-order chi connectivity index (χ0) is 18.8. The first-order valence-electron chi connectivity index (χ1n) is 8.95. The number of benzene rings is 1. The predicted molar refractivity (Wildman–Crippen MR) is 110 cm³/mol. The van der Waals surface area contributed by atoms with Gasteiger partial charge in [0, 0.05) is 47.4 Å². The van der Waals surface area contributed by atoms with Crippen molar-refractivity contribution in [1.29, 1.82) is 0 Å². The van der Waals surface area contributed by atoms with Gasteiger partial charge in [-0.25, -0.2) is 9.97 Å². The number of hydrogen-bond donors (Lipinski definition) is 3. The van der Waals surface area contributed by atoms with E-state index in [2.05, 4.69) is 19.9 Å². The third kappa shape index (κ3) is 4.21. The molecule has 0 amide bonds. The van der Waals surface area contributed by atoms with Crippen LogP contribution in [0.2, 0.25) is 5.02 Å². The van der Waals surface area contributed by atoms with E-state index in [-0.39, 0.29) is 12.0 Å². The fourth-order valence-electron chi connectivity index (χ4n) is 3.50. The van der Waals surface area contributed by atoms with Crippen LogP contribution in [0.25, 0.3) is 11.0 Å². The summed E-state index contributed by atoms with van der Waals surface area (Å²) in [6.07, 6.45) is 4.03. The van der Waals surface area contributed by atoms with Gasteiger partial charge in [0.2, 0.25) is 0 Å². The molecule has 2 atom stereocenters. The molecule has 4 N–H and O–H groups in total. The van der Waals surface area contributed by atoms with Gasteiger partial charge < -0.3 is 20.7 Å². The summed E-state index contributed by atoms with van der Waals surface area (Å²) in [5.74, 6) is 1.64. The molecule has 0 saturated carbocycles. The van der Waals surface area contributed by atoms with E-state index in [1.54, 1.807) is 11.8 Å². The summed E-state index contributed by atoms with van der Waals surface area (Å²) < 4.78 is 0. The summed E-state index contributed by atoms with van der Waals surface area (Å²) in [6.45, 7) is 2.50. The van der Waals surface area contributed by atoms with Crippen LogP contribution in [0.1, 0.15) is 5.56 Å². The monoisotopic (exact) mass is 403 g/mol. The van der Waals surface area contributed by atoms with Gasteiger partial charge >= 0.3 is 0 Å². The first-order valence-corrected chi connectivity index (χ1v) is 10.3. The normalized spacial score (nSPS) is 20.5. The molecule has 1 saturated heterocycles. The number of nitrogens with two attached hydrogens (primary N) is 1. The highest BCUT2D eigenvalue weighted by Crippen LogP contribution is 2.28. The Kier molecular flexibility index (Phi) is 5.54. The van der Waals surface area contributed by atoms with Crippen LogP contribution in [0.3, 0.4) is 0 Å². The molecule has 142 valence electrons. The predicted octanol–water partition coefficient (Wildman–Crippen LogP) is 2.82. The Morgan fingerprint density at radius 1 is 1.26 bits per heavy atom. The van der Waals surface area contributed by atoms with Gasteiger partial charge in [-0.15, -0.1) is 11.8 Å². The Balaban J connectivity index is 1.31. The largest absolute Gasteiger partial charge is 0.391 e. The molecule has 1 aromatic carbocycles. The lowest BCUT2D eigenvalue weighted by Crippen LogP contribution is -2.24. The van der Waals surface area contributed by atoms with Gasteiger partial charge in [-0.3, -0.25) is 0 Å². The van der Waals surface area contributed by atoms with Crippen LogP contribution >= 0.6 is 23.4 Å². The number of likely N-dealkylation sites (tertiary alicyclic amines) is 1. The summed E-state index contributed by atoms with van der Waals surface area (Å²) in [4.78, 5) is 15.0. The van der Waals surface area contributed by atoms with Crippen molar-refractivity contribution in [2.24, 2.45) is 5.92 Å². The number of rotatable bonds is 6. The summed E-state index contributed by atoms with van der Waals surface area (Å²) in [7, 11) is 0. The molecule has 0 radical (unpaired) electrons. The minimum atomic E-state index is -0.286. The maximum atomic E-state index is 10.4. The molecule has 0 aliphatic carbocycles. The topological polar surface area (TPSA) is 91.1 Å². The number of thioether (sulfide) groups is 1. The molecule has 6 nitrogen and oxygen atoms in total. The van der Waals surface area contributed by atoms with Crippen LogP contribution in [0.4, 0.5) is 5.82 Å². The lowest BCUT2D eigenvalue weighted by Gasteiger charge is -2.15. The van der Waals surface area contributed by atoms with E-state index >= 15 is 0 Å². The van der Waals surface area contributed by atoms with Crippen LogP contribution < -0.4 is 5.73 Å². The number of nitrogen functional groups attached to an aromatic ring is 1. The Labute approximate surface area is 167 Å². The third-order valence-electron chi connectivity index (χ3n) is 5.03. The summed E-state index contributed by atoms with van der Waals surface area (Å²) in [6, 6.07) is 7.85. The quantitative estimate of drug-likeness (QED) is 0.548. The molecule has 4 rings (SSSR count). The van der Waals surface area contributed by atoms with Gasteiger partial charge in [-0.1, -0.05) is 11.6 Å². The third-order valence-corrected chi connectivity index (χ3v) is 6.48. The Hall–Kier alpha value is -1.80. The van der Waals surface area contributed by atoms with Crippen LogP contribution in [0, 0.1) is 5.92 Å². The molecular weight excluding hydrogens is 382 g/mol. The SMILES string of the molecule is Nc1ncnc2c(CCN3C[C@H](CSc4ccc(Cl)cc4)[C@@H](O)C3)c[nH]c12. The van der Waals surface area contributed by atoms with Gasteiger partial charge in [-0.05, 0) is 36.2 Å². The second-order valence-electron chi connectivity index (χ2n) is 6.90. The molecule has 0 bridgehead atoms. The number of hydrogen-bond acceptors (Lipinski definition) is 6. The van der Waals surface area contributed by atoms with Crippen LogP contribution in [0.5, 0.6) is 0 Å². The van der Waals surface area contributed by atoms with Gasteiger partial charge in [-0.2, -0.15) is 0 Å². The van der Waals surface area contributed by atoms with Crippen molar-refractivity contribution in [3.63, 3.8) is 0 Å². The smallest absolute Gasteiger partial charge is 0.151 e. The maximum Gasteiger partial charge on any atom is 0.151 e. The number of fused-ring (bicyclic) bond motifs is 1. The van der Waals surface area contributed by atoms with Crippen LogP contribution in [-0.4, -0.2) is 56.4 Å². The molecule has 3 heterocycles. The zero-order valence-corrected chi connectivity index (χ0v) is 16.4. The average molecular weight is 404 g/mol. The molecule has 2 aromatic heterocycles. The van der Waals surface area contributed by atoms with Crippen molar-refractivity contribution in [2.45, 2.75) is 17.4 Å². The van der Waals surface area contributed by atoms with E-state index in [1.165, 1.54) is 11.2 Å². The number of aromatic amines is 1. The molecule has 0 unspecified atom stereocenters. The van der Waals surface area contributed by atoms with Gasteiger partial charge in [0.05, 0.1) is 11.6 Å². The number of nitrogens with one attached hydrogen (secondary N) is 1. The van der Waals surface area contributed by atoms with E-state index in [0.717, 1.165) is 46.9 Å². The second kappa shape index (κ2) is 8.06. The van der Waals surface area contributed by atoms with Crippen molar-refractivity contribution in [3.8, 4) is 0 Å². The summed E-state index contributed by atoms with van der Waals surface area (Å²) in [5, 5.41) is 11.2. The van der Waals surface area contributed by atoms with Gasteiger partial charge in [0.25, 0.3) is 0 Å². The number of halogens is 1. The summed E-state index contributed by atoms with van der Waals surface area (Å²) in [5.41, 5.74) is 8.69. The van der Waals surface area contributed by atoms with Crippen molar-refractivity contribution < 1.29 is 5.11 Å². The van der Waals surface area contributed by atoms with E-state index in [1.807, 2.05) is 30.5 Å². The molecular formula is C19H22ClN5OS. The van der Waals surface area contributed by atoms with Crippen LogP contribution in [0.15, 0.2) is 41.7 Å². The number of β-amino-alcohol motifs (C(OH)–C–C–N with tert-alkyl or cyclic N) is 1. The fraction of sp³-hybridized carbons (Fsp3) is 0.368. The minimum Gasteiger partial charge on any atom is -0.391 e. The van der Waals surface area contributed by atoms with Crippen molar-refractivity contribution in [3.05, 3.63) is 47.4 Å². The van der Waals surface area contributed by atoms with Crippen LogP contribution in [-0.2, 0) is 6.42 Å². The number of aliphatic hydroxyl groups excluding tert-OH is 1. The maximum absolute atomic E-state index is 10.4. The highest BCUT2D eigenvalue weighted by molar-refractivity contribution is 7.99. The van der Waals surface area contributed by atoms with E-state index in [0.29, 0.717) is 12.4 Å². The van der Waals surface area contributed by atoms with Crippen molar-refractivity contribution >= 4 is 40.2 Å². The average Bonchev–Trinajstić information content (AvgIpc) is 3.24. The van der Waals surface area contributed by atoms with Crippen molar-refractivity contribution in [2.75, 3.05) is 31.1 Å². The lowest BCUT2D eigenvalue weighted by atomic mass is 10.1. The second-order valence-corrected chi connectivity index (χ2v) is 8.43. The Morgan fingerprint density at radius 3 is 2.89 bits per heavy atom. The lowest BCUT2D eigenvalue weighted by molar-refractivity contribution is 0.150. The van der Waals surface area contributed by atoms with E-state index < -0.39 is 0 Å². The minimum absolute atomic E-state index is 0.270. The number of H-pyrrole nitrogens is 1. The highest BCUT2D eigenvalue weighted by Gasteiger charge is 2.31. The molecule has 27 heavy (non-hydrogen) atoms. The van der Waals surface area contributed by atoms with Gasteiger partial charge in [0.1, 0.15) is 11.8 Å². The number of aromatic nitrogens is 3. The Morgan fingerprint density at radius 2 is 2.07 bits per heavy atom. The zero-order valence-electron chi connectivity index (χ0n) is 14.8. The van der Waals surface area contributed by atoms with Crippen molar-refractivity contribution in [1.82, 2.24) is 19.9 Å². The molecule has 8 heteroatoms. The first-order chi connectivity index (χ1) is 13.1. The van der Waals surface area contributed by atoms with E-state index in [4.69, 9.17) is 17.3 Å². The number of anilines is 1. The molecule has 0 spiro atoms.